The van der Waals surface area contributed by atoms with Gasteiger partial charge in [0.1, 0.15) is 0 Å². The predicted molar refractivity (Wildman–Crippen MR) is 80.6 cm³/mol. The van der Waals surface area contributed by atoms with E-state index in [0.717, 1.165) is 29.7 Å². The van der Waals surface area contributed by atoms with Crippen LogP contribution < -0.4 is 0 Å². The average Bonchev–Trinajstić information content (AvgIpc) is 2.44. The van der Waals surface area contributed by atoms with Gasteiger partial charge in [-0.15, -0.1) is 0 Å². The summed E-state index contributed by atoms with van der Waals surface area (Å²) in [5.41, 5.74) is 0.850. The number of halogens is 3. The molecule has 5 atom stereocenters. The Kier molecular flexibility index (Phi) is 3.32. The first-order chi connectivity index (χ1) is 10.4. The molecule has 0 saturated heterocycles. The molecule has 3 aliphatic rings. The van der Waals surface area contributed by atoms with Crippen LogP contribution in [0.3, 0.4) is 0 Å². The molecule has 5 unspecified atom stereocenters. The summed E-state index contributed by atoms with van der Waals surface area (Å²) in [6.07, 6.45) is 3.37. The van der Waals surface area contributed by atoms with E-state index >= 15 is 0 Å². The lowest BCUT2D eigenvalue weighted by molar-refractivity contribution is -0.138. The van der Waals surface area contributed by atoms with E-state index in [1.54, 1.807) is 13.0 Å². The molecule has 0 nitrogen and oxygen atoms in total. The lowest BCUT2D eigenvalue weighted by Crippen LogP contribution is -2.41. The molecule has 4 rings (SSSR count). The number of benzene rings is 1. The molecule has 1 aromatic carbocycles. The number of fused-ring (bicyclic) bond motifs is 2. The lowest BCUT2D eigenvalue weighted by atomic mass is 9.53. The van der Waals surface area contributed by atoms with Crippen LogP contribution in [0.4, 0.5) is 13.2 Å². The molecule has 0 aromatic heterocycles. The van der Waals surface area contributed by atoms with E-state index in [-0.39, 0.29) is 0 Å². The molecule has 0 heterocycles. The molecular formula is C19H23F3. The van der Waals surface area contributed by atoms with Gasteiger partial charge in [0.2, 0.25) is 0 Å². The van der Waals surface area contributed by atoms with Gasteiger partial charge in [-0.05, 0) is 85.8 Å². The van der Waals surface area contributed by atoms with Crippen molar-refractivity contribution >= 4 is 0 Å². The van der Waals surface area contributed by atoms with Gasteiger partial charge in [0.25, 0.3) is 0 Å². The van der Waals surface area contributed by atoms with Crippen molar-refractivity contribution in [3.05, 3.63) is 34.9 Å². The van der Waals surface area contributed by atoms with E-state index in [1.165, 1.54) is 38.2 Å². The number of aryl methyl sites for hydroxylation is 1. The molecule has 22 heavy (non-hydrogen) atoms. The fourth-order valence-corrected chi connectivity index (χ4v) is 5.68. The van der Waals surface area contributed by atoms with Crippen molar-refractivity contribution in [2.45, 2.75) is 57.5 Å². The van der Waals surface area contributed by atoms with Crippen LogP contribution in [0.2, 0.25) is 0 Å². The molecule has 3 heteroatoms. The molecule has 3 bridgehead atoms. The fraction of sp³-hybridized carbons (Fsp3) is 0.684. The Morgan fingerprint density at radius 3 is 2.50 bits per heavy atom. The minimum absolute atomic E-state index is 0.343. The van der Waals surface area contributed by atoms with Crippen LogP contribution >= 0.6 is 0 Å². The van der Waals surface area contributed by atoms with Crippen LogP contribution in [0.1, 0.15) is 61.1 Å². The molecule has 120 valence electrons. The third kappa shape index (κ3) is 2.37. The number of hydrogen-bond acceptors (Lipinski definition) is 0. The second kappa shape index (κ2) is 5.01. The Labute approximate surface area is 130 Å². The van der Waals surface area contributed by atoms with Gasteiger partial charge in [-0.2, -0.15) is 13.2 Å². The first kappa shape index (κ1) is 14.6. The summed E-state index contributed by atoms with van der Waals surface area (Å²) in [6.45, 7) is 1.56. The quantitative estimate of drug-likeness (QED) is 0.602. The zero-order valence-electron chi connectivity index (χ0n) is 13.0. The van der Waals surface area contributed by atoms with Crippen molar-refractivity contribution in [3.63, 3.8) is 0 Å². The van der Waals surface area contributed by atoms with Crippen LogP contribution in [0.15, 0.2) is 18.2 Å². The summed E-state index contributed by atoms with van der Waals surface area (Å²) < 4.78 is 39.6. The second-order valence-corrected chi connectivity index (χ2v) is 7.85. The van der Waals surface area contributed by atoms with Crippen molar-refractivity contribution in [1.82, 2.24) is 0 Å². The van der Waals surface area contributed by atoms with Gasteiger partial charge in [-0.3, -0.25) is 0 Å². The molecular weight excluding hydrogens is 285 g/mol. The van der Waals surface area contributed by atoms with E-state index in [9.17, 15) is 13.2 Å². The van der Waals surface area contributed by atoms with Crippen LogP contribution in [0.5, 0.6) is 0 Å². The van der Waals surface area contributed by atoms with E-state index in [1.807, 2.05) is 6.07 Å². The Balaban J connectivity index is 1.70. The predicted octanol–water partition coefficient (Wildman–Crippen LogP) is 5.94. The Morgan fingerprint density at radius 1 is 0.955 bits per heavy atom. The Morgan fingerprint density at radius 2 is 1.73 bits per heavy atom. The third-order valence-electron chi connectivity index (χ3n) is 6.55. The van der Waals surface area contributed by atoms with Gasteiger partial charge in [0, 0.05) is 0 Å². The van der Waals surface area contributed by atoms with Crippen molar-refractivity contribution in [1.29, 1.82) is 0 Å². The summed E-state index contributed by atoms with van der Waals surface area (Å²) >= 11 is 0. The van der Waals surface area contributed by atoms with Crippen LogP contribution in [-0.4, -0.2) is 0 Å². The van der Waals surface area contributed by atoms with E-state index in [4.69, 9.17) is 0 Å². The van der Waals surface area contributed by atoms with Crippen molar-refractivity contribution in [2.75, 3.05) is 0 Å². The topological polar surface area (TPSA) is 0 Å². The molecule has 3 aliphatic carbocycles. The lowest BCUT2D eigenvalue weighted by Gasteiger charge is -2.52. The normalized spacial score (nSPS) is 37.4. The van der Waals surface area contributed by atoms with Gasteiger partial charge >= 0.3 is 6.18 Å². The van der Waals surface area contributed by atoms with E-state index < -0.39 is 11.7 Å². The van der Waals surface area contributed by atoms with E-state index in [0.29, 0.717) is 17.4 Å². The highest BCUT2D eigenvalue weighted by molar-refractivity contribution is 5.35. The third-order valence-corrected chi connectivity index (χ3v) is 6.55. The summed E-state index contributed by atoms with van der Waals surface area (Å²) in [4.78, 5) is 0. The van der Waals surface area contributed by atoms with Crippen LogP contribution in [0.25, 0.3) is 0 Å². The van der Waals surface area contributed by atoms with Gasteiger partial charge in [0.15, 0.2) is 0 Å². The van der Waals surface area contributed by atoms with Gasteiger partial charge in [-0.1, -0.05) is 18.6 Å². The number of rotatable bonds is 1. The van der Waals surface area contributed by atoms with Crippen molar-refractivity contribution in [3.8, 4) is 0 Å². The van der Waals surface area contributed by atoms with Crippen LogP contribution in [0, 0.1) is 30.6 Å². The highest BCUT2D eigenvalue weighted by atomic mass is 19.4. The smallest absolute Gasteiger partial charge is 0.166 e. The van der Waals surface area contributed by atoms with Crippen LogP contribution in [-0.2, 0) is 6.18 Å². The zero-order chi connectivity index (χ0) is 15.5. The first-order valence-electron chi connectivity index (χ1n) is 8.59. The number of hydrogen-bond donors (Lipinski definition) is 0. The Bertz CT molecular complexity index is 569. The maximum atomic E-state index is 13.2. The summed E-state index contributed by atoms with van der Waals surface area (Å²) in [7, 11) is 0. The summed E-state index contributed by atoms with van der Waals surface area (Å²) in [6, 6.07) is 5.09. The Hall–Kier alpha value is -0.990. The molecule has 3 saturated carbocycles. The maximum Gasteiger partial charge on any atom is 0.416 e. The standard InChI is InChI=1S/C19H23F3/c1-11-2-4-14(10-18(11)19(20,21)22)17-9-13-6-12-3-5-16(17)15(7-12)8-13/h2,4,10,12-13,15-17H,3,5-9H2,1H3. The highest BCUT2D eigenvalue weighted by Gasteiger charge is 2.46. The van der Waals surface area contributed by atoms with Gasteiger partial charge in [0.05, 0.1) is 5.56 Å². The molecule has 0 radical (unpaired) electrons. The van der Waals surface area contributed by atoms with E-state index in [2.05, 4.69) is 0 Å². The highest BCUT2D eigenvalue weighted by Crippen LogP contribution is 2.57. The molecule has 3 fully saturated rings. The molecule has 0 N–H and O–H groups in total. The first-order valence-corrected chi connectivity index (χ1v) is 8.59. The fourth-order valence-electron chi connectivity index (χ4n) is 5.68. The molecule has 0 amide bonds. The minimum Gasteiger partial charge on any atom is -0.166 e. The van der Waals surface area contributed by atoms with Gasteiger partial charge in [-0.25, -0.2) is 0 Å². The second-order valence-electron chi connectivity index (χ2n) is 7.85. The largest absolute Gasteiger partial charge is 0.416 e. The van der Waals surface area contributed by atoms with Crippen molar-refractivity contribution in [2.24, 2.45) is 23.7 Å². The molecule has 0 aliphatic heterocycles. The van der Waals surface area contributed by atoms with Crippen molar-refractivity contribution < 1.29 is 13.2 Å². The molecule has 1 aromatic rings. The SMILES string of the molecule is Cc1ccc(C2CC3CC4CCC2C(C4)C3)cc1C(F)(F)F. The number of alkyl halides is 3. The summed E-state index contributed by atoms with van der Waals surface area (Å²) in [5, 5.41) is 0. The summed E-state index contributed by atoms with van der Waals surface area (Å²) in [5.74, 6) is 3.40. The zero-order valence-corrected chi connectivity index (χ0v) is 13.0. The molecule has 0 spiro atoms. The maximum absolute atomic E-state index is 13.2. The average molecular weight is 308 g/mol. The monoisotopic (exact) mass is 308 g/mol. The minimum atomic E-state index is -4.23. The van der Waals surface area contributed by atoms with Gasteiger partial charge < -0.3 is 0 Å².